The minimum absolute atomic E-state index is 0.00253. The number of allylic oxidation sites excluding steroid dienone is 3. The number of benzene rings is 2. The van der Waals surface area contributed by atoms with Crippen molar-refractivity contribution < 1.29 is 27.4 Å². The van der Waals surface area contributed by atoms with Gasteiger partial charge in [0.15, 0.2) is 23.1 Å². The van der Waals surface area contributed by atoms with Crippen LogP contribution < -0.4 is 9.47 Å². The minimum Gasteiger partial charge on any atom is -0.450 e. The first-order valence-corrected chi connectivity index (χ1v) is 10.0. The Bertz CT molecular complexity index is 1080. The van der Waals surface area contributed by atoms with Gasteiger partial charge in [0.25, 0.3) is 0 Å². The van der Waals surface area contributed by atoms with Crippen molar-refractivity contribution in [2.24, 2.45) is 0 Å². The molecule has 0 unspecified atom stereocenters. The molecule has 0 atom stereocenters. The Balaban J connectivity index is 1.90. The van der Waals surface area contributed by atoms with E-state index in [-0.39, 0.29) is 34.5 Å². The molecule has 0 spiro atoms. The summed E-state index contributed by atoms with van der Waals surface area (Å²) in [5.74, 6) is -5.61. The molecule has 0 saturated heterocycles. The molecule has 31 heavy (non-hydrogen) atoms. The average Bonchev–Trinajstić information content (AvgIpc) is 2.76. The summed E-state index contributed by atoms with van der Waals surface area (Å²) in [6.45, 7) is 11.1. The summed E-state index contributed by atoms with van der Waals surface area (Å²) in [5, 5.41) is 0. The fourth-order valence-corrected chi connectivity index (χ4v) is 3.21. The maximum Gasteiger partial charge on any atom is 0.343 e. The molecule has 0 radical (unpaired) electrons. The van der Waals surface area contributed by atoms with Crippen molar-refractivity contribution in [3.8, 4) is 11.5 Å². The fourth-order valence-electron chi connectivity index (χ4n) is 3.21. The summed E-state index contributed by atoms with van der Waals surface area (Å²) in [4.78, 5) is 12.4. The molecule has 0 saturated carbocycles. The predicted molar refractivity (Wildman–Crippen MR) is 113 cm³/mol. The first kappa shape index (κ1) is 22.4. The summed E-state index contributed by atoms with van der Waals surface area (Å²) in [6.07, 6.45) is 2.16. The van der Waals surface area contributed by atoms with Crippen LogP contribution in [0.3, 0.4) is 0 Å². The second-order valence-corrected chi connectivity index (χ2v) is 7.31. The lowest BCUT2D eigenvalue weighted by Crippen LogP contribution is -2.16. The van der Waals surface area contributed by atoms with Gasteiger partial charge in [-0.2, -0.15) is 8.78 Å². The summed E-state index contributed by atoms with van der Waals surface area (Å²) < 4.78 is 54.2. The van der Waals surface area contributed by atoms with Crippen LogP contribution in [0.1, 0.15) is 48.2 Å². The van der Waals surface area contributed by atoms with Crippen LogP contribution >= 0.6 is 0 Å². The van der Waals surface area contributed by atoms with Crippen LogP contribution in [0.15, 0.2) is 66.2 Å². The molecule has 0 aliphatic carbocycles. The van der Waals surface area contributed by atoms with Crippen LogP contribution in [0, 0.1) is 11.6 Å². The predicted octanol–water partition coefficient (Wildman–Crippen LogP) is 6.77. The highest BCUT2D eigenvalue weighted by Gasteiger charge is 2.30. The summed E-state index contributed by atoms with van der Waals surface area (Å²) in [5.41, 5.74) is 1.88. The van der Waals surface area contributed by atoms with Crippen molar-refractivity contribution in [2.45, 2.75) is 39.5 Å². The molecule has 0 bridgehead atoms. The molecule has 162 valence electrons. The Hall–Kier alpha value is -3.28. The molecule has 1 aliphatic rings. The van der Waals surface area contributed by atoms with E-state index in [4.69, 9.17) is 9.47 Å². The molecule has 3 rings (SSSR count). The van der Waals surface area contributed by atoms with E-state index in [1.807, 2.05) is 6.92 Å². The van der Waals surface area contributed by atoms with Gasteiger partial charge in [-0.05, 0) is 47.8 Å². The topological polar surface area (TPSA) is 35.5 Å². The Morgan fingerprint density at radius 2 is 1.84 bits per heavy atom. The van der Waals surface area contributed by atoms with E-state index in [1.54, 1.807) is 31.2 Å². The quantitative estimate of drug-likeness (QED) is 0.376. The Kier molecular flexibility index (Phi) is 6.68. The lowest BCUT2D eigenvalue weighted by atomic mass is 9.98. The SMILES string of the molecule is C=C(CC)/C(F)=C1/Oc2c(cc(OC(=O)c3ccc(CCC)cc3)c(F)c2F)CC1=C. The first-order valence-electron chi connectivity index (χ1n) is 10.0. The molecule has 1 aliphatic heterocycles. The molecule has 1 heterocycles. The third-order valence-corrected chi connectivity index (χ3v) is 5.00. The normalized spacial score (nSPS) is 14.5. The molecule has 2 aromatic rings. The number of fused-ring (bicyclic) bond motifs is 1. The summed E-state index contributed by atoms with van der Waals surface area (Å²) in [6, 6.07) is 7.89. The van der Waals surface area contributed by atoms with Gasteiger partial charge in [0.1, 0.15) is 0 Å². The van der Waals surface area contributed by atoms with Crippen molar-refractivity contribution in [3.63, 3.8) is 0 Å². The molecule has 0 N–H and O–H groups in total. The number of hydrogen-bond acceptors (Lipinski definition) is 3. The van der Waals surface area contributed by atoms with Crippen LogP contribution in [0.5, 0.6) is 11.5 Å². The highest BCUT2D eigenvalue weighted by atomic mass is 19.2. The lowest BCUT2D eigenvalue weighted by molar-refractivity contribution is 0.0726. The van der Waals surface area contributed by atoms with E-state index in [9.17, 15) is 18.0 Å². The van der Waals surface area contributed by atoms with Crippen molar-refractivity contribution in [1.82, 2.24) is 0 Å². The number of ether oxygens (including phenoxy) is 2. The standard InChI is InChI=1S/C25H23F3O3/c1-5-7-16-8-10-17(11-9-16)25(29)30-19-13-18-12-15(4)23(20(26)14(3)6-2)31-24(18)22(28)21(19)27/h8-11,13H,3-7,12H2,1-2H3/b23-20-. The third-order valence-electron chi connectivity index (χ3n) is 5.00. The highest BCUT2D eigenvalue weighted by Crippen LogP contribution is 2.41. The molecular weight excluding hydrogens is 405 g/mol. The number of halogens is 3. The lowest BCUT2D eigenvalue weighted by Gasteiger charge is -2.24. The first-order chi connectivity index (χ1) is 14.8. The fraction of sp³-hybridized carbons (Fsp3) is 0.240. The zero-order chi connectivity index (χ0) is 22.7. The van der Waals surface area contributed by atoms with Crippen molar-refractivity contribution in [3.05, 3.63) is 94.5 Å². The van der Waals surface area contributed by atoms with Crippen molar-refractivity contribution in [2.75, 3.05) is 0 Å². The maximum atomic E-state index is 14.7. The molecule has 0 amide bonds. The van der Waals surface area contributed by atoms with E-state index in [2.05, 4.69) is 13.2 Å². The number of hydrogen-bond donors (Lipinski definition) is 0. The van der Waals surface area contributed by atoms with Crippen LogP contribution in [0.2, 0.25) is 0 Å². The van der Waals surface area contributed by atoms with Crippen molar-refractivity contribution in [1.29, 1.82) is 0 Å². The van der Waals surface area contributed by atoms with Crippen molar-refractivity contribution >= 4 is 5.97 Å². The molecule has 0 aromatic heterocycles. The zero-order valence-corrected chi connectivity index (χ0v) is 17.5. The van der Waals surface area contributed by atoms with Crippen LogP contribution in [-0.2, 0) is 12.8 Å². The molecule has 6 heteroatoms. The Labute approximate surface area is 179 Å². The van der Waals surface area contributed by atoms with Gasteiger partial charge in [-0.3, -0.25) is 0 Å². The number of esters is 1. The van der Waals surface area contributed by atoms with Crippen LogP contribution in [-0.4, -0.2) is 5.97 Å². The van der Waals surface area contributed by atoms with Gasteiger partial charge >= 0.3 is 5.97 Å². The van der Waals surface area contributed by atoms with Gasteiger partial charge in [0.2, 0.25) is 11.6 Å². The van der Waals surface area contributed by atoms with Gasteiger partial charge in [0.05, 0.1) is 5.56 Å². The van der Waals surface area contributed by atoms with Gasteiger partial charge in [-0.25, -0.2) is 9.18 Å². The molecule has 0 fully saturated rings. The van der Waals surface area contributed by atoms with E-state index < -0.39 is 34.9 Å². The summed E-state index contributed by atoms with van der Waals surface area (Å²) in [7, 11) is 0. The van der Waals surface area contributed by atoms with Gasteiger partial charge in [0, 0.05) is 12.0 Å². The number of rotatable bonds is 6. The highest BCUT2D eigenvalue weighted by molar-refractivity contribution is 5.91. The second kappa shape index (κ2) is 9.25. The molecular formula is C25H23F3O3. The number of carbonyl (C=O) groups is 1. The Morgan fingerprint density at radius 3 is 2.45 bits per heavy atom. The van der Waals surface area contributed by atoms with Gasteiger partial charge in [-0.15, -0.1) is 0 Å². The second-order valence-electron chi connectivity index (χ2n) is 7.31. The van der Waals surface area contributed by atoms with Crippen LogP contribution in [0.4, 0.5) is 13.2 Å². The number of aryl methyl sites for hydroxylation is 1. The van der Waals surface area contributed by atoms with Gasteiger partial charge in [-0.1, -0.05) is 45.6 Å². The average molecular weight is 428 g/mol. The molecule has 3 nitrogen and oxygen atoms in total. The maximum absolute atomic E-state index is 14.7. The number of carbonyl (C=O) groups excluding carboxylic acids is 1. The zero-order valence-electron chi connectivity index (χ0n) is 17.5. The van der Waals surface area contributed by atoms with E-state index in [0.717, 1.165) is 18.4 Å². The minimum atomic E-state index is -1.39. The summed E-state index contributed by atoms with van der Waals surface area (Å²) >= 11 is 0. The van der Waals surface area contributed by atoms with E-state index in [1.165, 1.54) is 6.07 Å². The molecule has 2 aromatic carbocycles. The smallest absolute Gasteiger partial charge is 0.343 e. The van der Waals surface area contributed by atoms with E-state index in [0.29, 0.717) is 6.42 Å². The van der Waals surface area contributed by atoms with Crippen LogP contribution in [0.25, 0.3) is 0 Å². The third kappa shape index (κ3) is 4.58. The Morgan fingerprint density at radius 1 is 1.16 bits per heavy atom. The monoisotopic (exact) mass is 428 g/mol. The van der Waals surface area contributed by atoms with Gasteiger partial charge < -0.3 is 9.47 Å². The van der Waals surface area contributed by atoms with E-state index >= 15 is 0 Å². The largest absolute Gasteiger partial charge is 0.450 e.